The van der Waals surface area contributed by atoms with Gasteiger partial charge in [0, 0.05) is 42.9 Å². The van der Waals surface area contributed by atoms with Gasteiger partial charge in [-0.3, -0.25) is 4.79 Å². The maximum Gasteiger partial charge on any atom is 0.270 e. The molecule has 7 heteroatoms. The number of rotatable bonds is 5. The van der Waals surface area contributed by atoms with Gasteiger partial charge in [0.15, 0.2) is 0 Å². The van der Waals surface area contributed by atoms with Crippen LogP contribution in [0, 0.1) is 17.8 Å². The first-order chi connectivity index (χ1) is 17.6. The minimum absolute atomic E-state index is 0.0829. The summed E-state index contributed by atoms with van der Waals surface area (Å²) in [5.74, 6) is 2.19. The molecule has 2 heterocycles. The molecule has 4 saturated carbocycles. The molecule has 4 bridgehead atoms. The minimum Gasteiger partial charge on any atom is -0.390 e. The van der Waals surface area contributed by atoms with Gasteiger partial charge in [0.2, 0.25) is 0 Å². The predicted octanol–water partition coefficient (Wildman–Crippen LogP) is 3.66. The van der Waals surface area contributed by atoms with Crippen LogP contribution < -0.4 is 20.9 Å². The summed E-state index contributed by atoms with van der Waals surface area (Å²) in [5, 5.41) is 14.2. The van der Waals surface area contributed by atoms with Crippen LogP contribution >= 0.6 is 0 Å². The molecule has 7 rings (SSSR count). The number of amides is 1. The van der Waals surface area contributed by atoms with E-state index in [1.807, 2.05) is 32.0 Å². The first-order valence-corrected chi connectivity index (χ1v) is 14.0. The summed E-state index contributed by atoms with van der Waals surface area (Å²) in [7, 11) is 0. The third-order valence-electron chi connectivity index (χ3n) is 9.40. The second kappa shape index (κ2) is 8.98. The van der Waals surface area contributed by atoms with Crippen LogP contribution in [0.4, 0.5) is 11.5 Å². The molecule has 0 radical (unpaired) electrons. The van der Waals surface area contributed by atoms with E-state index in [0.717, 1.165) is 63.1 Å². The summed E-state index contributed by atoms with van der Waals surface area (Å²) in [4.78, 5) is 22.8. The summed E-state index contributed by atoms with van der Waals surface area (Å²) in [6.07, 6.45) is 4.87. The molecule has 2 aromatic rings. The summed E-state index contributed by atoms with van der Waals surface area (Å²) in [6.45, 7) is 8.89. The van der Waals surface area contributed by atoms with Gasteiger partial charge in [-0.05, 0) is 100 Å². The number of nitrogens with zero attached hydrogens (tertiary/aromatic N) is 3. The number of nitrogens with one attached hydrogen (secondary N) is 1. The third kappa shape index (κ3) is 4.72. The number of carbonyl (C=O) groups excluding carboxylic acids is 1. The molecule has 2 unspecified atom stereocenters. The van der Waals surface area contributed by atoms with Crippen molar-refractivity contribution < 1.29 is 9.90 Å². The zero-order valence-corrected chi connectivity index (χ0v) is 22.4. The summed E-state index contributed by atoms with van der Waals surface area (Å²) >= 11 is 0. The van der Waals surface area contributed by atoms with Gasteiger partial charge >= 0.3 is 0 Å². The summed E-state index contributed by atoms with van der Waals surface area (Å²) in [5.41, 5.74) is 8.24. The van der Waals surface area contributed by atoms with Gasteiger partial charge in [0.25, 0.3) is 5.91 Å². The molecule has 5 fully saturated rings. The fourth-order valence-electron chi connectivity index (χ4n) is 7.79. The lowest BCUT2D eigenvalue weighted by Crippen LogP contribution is -2.61. The van der Waals surface area contributed by atoms with Crippen molar-refractivity contribution in [3.05, 3.63) is 53.7 Å². The van der Waals surface area contributed by atoms with Gasteiger partial charge in [-0.15, -0.1) is 0 Å². The van der Waals surface area contributed by atoms with Crippen LogP contribution in [0.15, 0.2) is 42.5 Å². The highest BCUT2D eigenvalue weighted by Gasteiger charge is 2.55. The van der Waals surface area contributed by atoms with Gasteiger partial charge in [0.1, 0.15) is 11.5 Å². The monoisotopic (exact) mass is 503 g/mol. The molecule has 0 spiro atoms. The number of benzene rings is 1. The number of carbonyl (C=O) groups is 1. The molecule has 1 aromatic heterocycles. The molecule has 3 atom stereocenters. The Kier molecular flexibility index (Phi) is 5.99. The Hall–Kier alpha value is -2.64. The Bertz CT molecular complexity index is 1140. The number of nitrogens with two attached hydrogens (primary N) is 1. The number of hydrogen-bond donors (Lipinski definition) is 3. The van der Waals surface area contributed by atoms with E-state index >= 15 is 0 Å². The average molecular weight is 504 g/mol. The zero-order valence-electron chi connectivity index (χ0n) is 22.4. The van der Waals surface area contributed by atoms with Crippen molar-refractivity contribution in [2.75, 3.05) is 29.4 Å². The van der Waals surface area contributed by atoms with Gasteiger partial charge in [-0.1, -0.05) is 18.2 Å². The maximum atomic E-state index is 13.3. The van der Waals surface area contributed by atoms with E-state index in [1.54, 1.807) is 0 Å². The molecular weight excluding hydrogens is 462 g/mol. The first-order valence-electron chi connectivity index (χ1n) is 14.0. The highest BCUT2D eigenvalue weighted by molar-refractivity contribution is 5.93. The van der Waals surface area contributed by atoms with Gasteiger partial charge in [-0.2, -0.15) is 0 Å². The van der Waals surface area contributed by atoms with Gasteiger partial charge in [0.05, 0.1) is 5.60 Å². The normalized spacial score (nSPS) is 33.1. The van der Waals surface area contributed by atoms with E-state index in [4.69, 9.17) is 10.7 Å². The van der Waals surface area contributed by atoms with Crippen molar-refractivity contribution >= 4 is 17.4 Å². The van der Waals surface area contributed by atoms with E-state index in [9.17, 15) is 9.90 Å². The molecule has 7 nitrogen and oxygen atoms in total. The SMILES string of the molecule is C[C@@H]1CN(c2ccc(C(C)(C)N)cc2)CCN1c1cccc(C(=O)NC2C3CC4CC2CC(O)(C4)C3)n1. The largest absolute Gasteiger partial charge is 0.390 e. The Morgan fingerprint density at radius 2 is 1.78 bits per heavy atom. The van der Waals surface area contributed by atoms with Crippen LogP contribution in [-0.4, -0.2) is 53.3 Å². The van der Waals surface area contributed by atoms with Gasteiger partial charge in [-0.25, -0.2) is 4.98 Å². The molecule has 5 aliphatic rings. The lowest BCUT2D eigenvalue weighted by Gasteiger charge is -2.58. The van der Waals surface area contributed by atoms with E-state index < -0.39 is 5.60 Å². The van der Waals surface area contributed by atoms with Gasteiger partial charge < -0.3 is 26.0 Å². The molecule has 4 N–H and O–H groups in total. The number of aromatic nitrogens is 1. The van der Waals surface area contributed by atoms with Crippen LogP contribution in [0.2, 0.25) is 0 Å². The molecule has 1 aliphatic heterocycles. The van der Waals surface area contributed by atoms with Crippen molar-refractivity contribution in [2.45, 2.75) is 76.1 Å². The Balaban J connectivity index is 1.11. The Labute approximate surface area is 220 Å². The standard InChI is InChI=1S/C30H41N5O2/c1-19-18-34(24-9-7-23(8-10-24)29(2,3)31)11-12-35(19)26-6-4-5-25(32-26)28(36)33-27-21-13-20-14-22(27)17-30(37,15-20)16-21/h4-10,19-22,27,37H,11-18,31H2,1-3H3,(H,33,36)/t19-,20?,21?,22?,27?,30?/m1/s1. The lowest BCUT2D eigenvalue weighted by atomic mass is 9.52. The van der Waals surface area contributed by atoms with E-state index in [-0.39, 0.29) is 23.5 Å². The van der Waals surface area contributed by atoms with E-state index in [1.165, 1.54) is 5.69 Å². The number of pyridine rings is 1. The number of hydrogen-bond acceptors (Lipinski definition) is 6. The quantitative estimate of drug-likeness (QED) is 0.577. The first kappa shape index (κ1) is 24.7. The molecular formula is C30H41N5O2. The Morgan fingerprint density at radius 3 is 2.41 bits per heavy atom. The second-order valence-electron chi connectivity index (χ2n) is 12.8. The number of piperazine rings is 1. The topological polar surface area (TPSA) is 94.7 Å². The van der Waals surface area contributed by atoms with Crippen molar-refractivity contribution in [3.63, 3.8) is 0 Å². The zero-order chi connectivity index (χ0) is 25.9. The Morgan fingerprint density at radius 1 is 1.08 bits per heavy atom. The van der Waals surface area contributed by atoms with Crippen LogP contribution in [0.5, 0.6) is 0 Å². The van der Waals surface area contributed by atoms with E-state index in [2.05, 4.69) is 46.3 Å². The number of aliphatic hydroxyl groups is 1. The highest BCUT2D eigenvalue weighted by Crippen LogP contribution is 2.55. The van der Waals surface area contributed by atoms with Crippen LogP contribution in [-0.2, 0) is 5.54 Å². The van der Waals surface area contributed by atoms with Crippen molar-refractivity contribution in [3.8, 4) is 0 Å². The molecule has 1 amide bonds. The molecule has 1 aromatic carbocycles. The lowest BCUT2D eigenvalue weighted by molar-refractivity contribution is -0.136. The van der Waals surface area contributed by atoms with Crippen LogP contribution in [0.25, 0.3) is 0 Å². The second-order valence-corrected chi connectivity index (χ2v) is 12.8. The van der Waals surface area contributed by atoms with Crippen LogP contribution in [0.3, 0.4) is 0 Å². The average Bonchev–Trinajstić information content (AvgIpc) is 2.85. The fraction of sp³-hybridized carbons (Fsp3) is 0.600. The maximum absolute atomic E-state index is 13.3. The van der Waals surface area contributed by atoms with Crippen molar-refractivity contribution in [1.82, 2.24) is 10.3 Å². The summed E-state index contributed by atoms with van der Waals surface area (Å²) in [6, 6.07) is 14.8. The predicted molar refractivity (Wildman–Crippen MR) is 147 cm³/mol. The molecule has 4 aliphatic carbocycles. The number of anilines is 2. The highest BCUT2D eigenvalue weighted by atomic mass is 16.3. The van der Waals surface area contributed by atoms with Crippen LogP contribution in [0.1, 0.15) is 68.9 Å². The van der Waals surface area contributed by atoms with Crippen molar-refractivity contribution in [2.24, 2.45) is 23.5 Å². The van der Waals surface area contributed by atoms with E-state index in [0.29, 0.717) is 23.4 Å². The summed E-state index contributed by atoms with van der Waals surface area (Å²) < 4.78 is 0. The molecule has 198 valence electrons. The third-order valence-corrected chi connectivity index (χ3v) is 9.40. The molecule has 1 saturated heterocycles. The smallest absolute Gasteiger partial charge is 0.270 e. The van der Waals surface area contributed by atoms with Crippen molar-refractivity contribution in [1.29, 1.82) is 0 Å². The minimum atomic E-state index is -0.489. The molecule has 37 heavy (non-hydrogen) atoms. The fourth-order valence-corrected chi connectivity index (χ4v) is 7.79.